The van der Waals surface area contributed by atoms with Gasteiger partial charge in [-0.05, 0) is 37.4 Å². The van der Waals surface area contributed by atoms with Crippen LogP contribution in [0.25, 0.3) is 0 Å². The van der Waals surface area contributed by atoms with Gasteiger partial charge < -0.3 is 10.0 Å². The van der Waals surface area contributed by atoms with Gasteiger partial charge in [-0.25, -0.2) is 0 Å². The van der Waals surface area contributed by atoms with E-state index in [1.807, 2.05) is 24.3 Å². The number of hydrogen-bond donors (Lipinski definition) is 1. The standard InChI is InChI=1S/C18H25NO3/c1-13(2)14-3-5-15(6-4-14)17(20)9-12-19-10-7-16(8-11-19)18(21)22/h3-6,13,16H,7-12H2,1-2H3,(H,21,22). The van der Waals surface area contributed by atoms with Crippen LogP contribution in [-0.2, 0) is 4.79 Å². The van der Waals surface area contributed by atoms with Gasteiger partial charge in [0.2, 0.25) is 0 Å². The average Bonchev–Trinajstić information content (AvgIpc) is 2.53. The molecule has 0 radical (unpaired) electrons. The number of benzene rings is 1. The Hall–Kier alpha value is -1.68. The lowest BCUT2D eigenvalue weighted by molar-refractivity contribution is -0.143. The van der Waals surface area contributed by atoms with Crippen molar-refractivity contribution in [2.45, 2.75) is 39.0 Å². The fourth-order valence-electron chi connectivity index (χ4n) is 2.86. The number of hydrogen-bond acceptors (Lipinski definition) is 3. The van der Waals surface area contributed by atoms with Crippen LogP contribution >= 0.6 is 0 Å². The Morgan fingerprint density at radius 2 is 1.77 bits per heavy atom. The third-order valence-electron chi connectivity index (χ3n) is 4.49. The van der Waals surface area contributed by atoms with E-state index in [-0.39, 0.29) is 11.7 Å². The predicted molar refractivity (Wildman–Crippen MR) is 86.3 cm³/mol. The summed E-state index contributed by atoms with van der Waals surface area (Å²) in [5.74, 6) is -0.271. The topological polar surface area (TPSA) is 57.6 Å². The molecule has 0 saturated carbocycles. The lowest BCUT2D eigenvalue weighted by Gasteiger charge is -2.29. The zero-order valence-electron chi connectivity index (χ0n) is 13.4. The molecular formula is C18H25NO3. The zero-order valence-corrected chi connectivity index (χ0v) is 13.4. The largest absolute Gasteiger partial charge is 0.481 e. The second kappa shape index (κ2) is 7.54. The summed E-state index contributed by atoms with van der Waals surface area (Å²) in [5.41, 5.74) is 2.01. The highest BCUT2D eigenvalue weighted by Gasteiger charge is 2.24. The molecule has 2 rings (SSSR count). The van der Waals surface area contributed by atoms with Crippen molar-refractivity contribution >= 4 is 11.8 Å². The Kier molecular flexibility index (Phi) is 5.72. The number of Topliss-reactive ketones (excluding diaryl/α,β-unsaturated/α-hetero) is 1. The maximum Gasteiger partial charge on any atom is 0.306 e. The van der Waals surface area contributed by atoms with E-state index in [9.17, 15) is 9.59 Å². The minimum Gasteiger partial charge on any atom is -0.481 e. The van der Waals surface area contributed by atoms with Crippen molar-refractivity contribution < 1.29 is 14.7 Å². The molecule has 0 aromatic heterocycles. The molecule has 1 aromatic carbocycles. The van der Waals surface area contributed by atoms with E-state index >= 15 is 0 Å². The number of carboxylic acid groups (broad SMARTS) is 1. The van der Waals surface area contributed by atoms with Crippen LogP contribution in [0.2, 0.25) is 0 Å². The van der Waals surface area contributed by atoms with Crippen LogP contribution in [0, 0.1) is 5.92 Å². The van der Waals surface area contributed by atoms with Crippen LogP contribution in [0.5, 0.6) is 0 Å². The summed E-state index contributed by atoms with van der Waals surface area (Å²) >= 11 is 0. The highest BCUT2D eigenvalue weighted by atomic mass is 16.4. The van der Waals surface area contributed by atoms with Gasteiger partial charge in [0, 0.05) is 18.5 Å². The van der Waals surface area contributed by atoms with Crippen molar-refractivity contribution in [3.8, 4) is 0 Å². The monoisotopic (exact) mass is 303 g/mol. The van der Waals surface area contributed by atoms with E-state index in [4.69, 9.17) is 5.11 Å². The lowest BCUT2D eigenvalue weighted by Crippen LogP contribution is -2.37. The molecule has 0 spiro atoms. The number of ketones is 1. The third-order valence-corrected chi connectivity index (χ3v) is 4.49. The molecule has 1 aromatic rings. The number of piperidine rings is 1. The van der Waals surface area contributed by atoms with Crippen molar-refractivity contribution in [3.63, 3.8) is 0 Å². The van der Waals surface area contributed by atoms with Gasteiger partial charge in [0.15, 0.2) is 5.78 Å². The fraction of sp³-hybridized carbons (Fsp3) is 0.556. The third kappa shape index (κ3) is 4.41. The number of rotatable bonds is 6. The molecule has 4 heteroatoms. The number of nitrogens with zero attached hydrogens (tertiary/aromatic N) is 1. The molecule has 1 saturated heterocycles. The van der Waals surface area contributed by atoms with Crippen molar-refractivity contribution in [2.75, 3.05) is 19.6 Å². The Morgan fingerprint density at radius 3 is 2.27 bits per heavy atom. The molecule has 0 aliphatic carbocycles. The molecule has 120 valence electrons. The summed E-state index contributed by atoms with van der Waals surface area (Å²) < 4.78 is 0. The smallest absolute Gasteiger partial charge is 0.306 e. The molecule has 1 aliphatic heterocycles. The van der Waals surface area contributed by atoms with Gasteiger partial charge in [0.05, 0.1) is 5.92 Å². The average molecular weight is 303 g/mol. The molecule has 1 N–H and O–H groups in total. The number of likely N-dealkylation sites (tertiary alicyclic amines) is 1. The van der Waals surface area contributed by atoms with Gasteiger partial charge in [0.25, 0.3) is 0 Å². The number of aliphatic carboxylic acids is 1. The summed E-state index contributed by atoms with van der Waals surface area (Å²) in [6.07, 6.45) is 1.87. The predicted octanol–water partition coefficient (Wildman–Crippen LogP) is 3.18. The molecule has 1 aliphatic rings. The minimum atomic E-state index is -0.694. The number of carbonyl (C=O) groups excluding carboxylic acids is 1. The number of carbonyl (C=O) groups is 2. The summed E-state index contributed by atoms with van der Waals surface area (Å²) in [4.78, 5) is 25.3. The highest BCUT2D eigenvalue weighted by Crippen LogP contribution is 2.18. The molecule has 0 unspecified atom stereocenters. The van der Waals surface area contributed by atoms with Crippen LogP contribution in [0.1, 0.15) is 54.9 Å². The maximum atomic E-state index is 12.2. The molecular weight excluding hydrogens is 278 g/mol. The van der Waals surface area contributed by atoms with Gasteiger partial charge >= 0.3 is 5.97 Å². The normalized spacial score (nSPS) is 16.9. The van der Waals surface area contributed by atoms with E-state index in [2.05, 4.69) is 18.7 Å². The summed E-state index contributed by atoms with van der Waals surface area (Å²) in [6.45, 7) is 6.54. The first-order valence-corrected chi connectivity index (χ1v) is 8.05. The highest BCUT2D eigenvalue weighted by molar-refractivity contribution is 5.96. The Bertz CT molecular complexity index is 514. The first kappa shape index (κ1) is 16.7. The fourth-order valence-corrected chi connectivity index (χ4v) is 2.86. The van der Waals surface area contributed by atoms with Crippen LogP contribution < -0.4 is 0 Å². The van der Waals surface area contributed by atoms with E-state index in [0.717, 1.165) is 25.2 Å². The van der Waals surface area contributed by atoms with Gasteiger partial charge in [-0.15, -0.1) is 0 Å². The minimum absolute atomic E-state index is 0.163. The second-order valence-electron chi connectivity index (χ2n) is 6.40. The van der Waals surface area contributed by atoms with Gasteiger partial charge in [0.1, 0.15) is 0 Å². The summed E-state index contributed by atoms with van der Waals surface area (Å²) in [7, 11) is 0. The van der Waals surface area contributed by atoms with Gasteiger partial charge in [-0.1, -0.05) is 38.1 Å². The van der Waals surface area contributed by atoms with Crippen molar-refractivity contribution in [3.05, 3.63) is 35.4 Å². The van der Waals surface area contributed by atoms with E-state index < -0.39 is 5.97 Å². The SMILES string of the molecule is CC(C)c1ccc(C(=O)CCN2CCC(C(=O)O)CC2)cc1. The zero-order chi connectivity index (χ0) is 16.1. The van der Waals surface area contributed by atoms with E-state index in [1.54, 1.807) is 0 Å². The van der Waals surface area contributed by atoms with Crippen molar-refractivity contribution in [1.29, 1.82) is 0 Å². The van der Waals surface area contributed by atoms with Gasteiger partial charge in [-0.3, -0.25) is 9.59 Å². The second-order valence-corrected chi connectivity index (χ2v) is 6.40. The van der Waals surface area contributed by atoms with Crippen LogP contribution in [0.15, 0.2) is 24.3 Å². The molecule has 4 nitrogen and oxygen atoms in total. The molecule has 0 amide bonds. The van der Waals surface area contributed by atoms with Gasteiger partial charge in [-0.2, -0.15) is 0 Å². The Balaban J connectivity index is 1.79. The summed E-state index contributed by atoms with van der Waals surface area (Å²) in [5, 5.41) is 8.98. The first-order valence-electron chi connectivity index (χ1n) is 8.05. The molecule has 0 bridgehead atoms. The summed E-state index contributed by atoms with van der Waals surface area (Å²) in [6, 6.07) is 7.87. The molecule has 1 fully saturated rings. The quantitative estimate of drug-likeness (QED) is 0.820. The van der Waals surface area contributed by atoms with E-state index in [0.29, 0.717) is 25.2 Å². The van der Waals surface area contributed by atoms with Crippen LogP contribution in [-0.4, -0.2) is 41.4 Å². The first-order chi connectivity index (χ1) is 10.5. The molecule has 1 heterocycles. The lowest BCUT2D eigenvalue weighted by atomic mass is 9.96. The Labute approximate surface area is 132 Å². The van der Waals surface area contributed by atoms with Crippen molar-refractivity contribution in [2.24, 2.45) is 5.92 Å². The molecule has 22 heavy (non-hydrogen) atoms. The maximum absolute atomic E-state index is 12.2. The Morgan fingerprint density at radius 1 is 1.18 bits per heavy atom. The van der Waals surface area contributed by atoms with Crippen LogP contribution in [0.3, 0.4) is 0 Å². The van der Waals surface area contributed by atoms with E-state index in [1.165, 1.54) is 5.56 Å². The van der Waals surface area contributed by atoms with Crippen LogP contribution in [0.4, 0.5) is 0 Å². The molecule has 0 atom stereocenters. The number of carboxylic acids is 1. The van der Waals surface area contributed by atoms with Crippen molar-refractivity contribution in [1.82, 2.24) is 4.90 Å².